The summed E-state index contributed by atoms with van der Waals surface area (Å²) >= 11 is 0. The van der Waals surface area contributed by atoms with Crippen LogP contribution in [0.3, 0.4) is 0 Å². The van der Waals surface area contributed by atoms with E-state index in [-0.39, 0.29) is 0 Å². The summed E-state index contributed by atoms with van der Waals surface area (Å²) in [6.07, 6.45) is 8.42. The number of rotatable bonds is 3. The minimum atomic E-state index is 0.305. The summed E-state index contributed by atoms with van der Waals surface area (Å²) in [5.41, 5.74) is 6.39. The van der Waals surface area contributed by atoms with Crippen LogP contribution < -0.4 is 11.1 Å². The topological polar surface area (TPSA) is 50.4 Å². The van der Waals surface area contributed by atoms with Crippen LogP contribution in [0.1, 0.15) is 52.4 Å². The molecular formula is C15H27N3. The summed E-state index contributed by atoms with van der Waals surface area (Å²) in [4.78, 5) is 4.48. The summed E-state index contributed by atoms with van der Waals surface area (Å²) in [5.74, 6) is 4.15. The number of guanidine groups is 1. The molecule has 0 aliphatic heterocycles. The van der Waals surface area contributed by atoms with Gasteiger partial charge in [0, 0.05) is 12.1 Å². The Hall–Kier alpha value is -0.730. The van der Waals surface area contributed by atoms with Crippen molar-refractivity contribution in [3.05, 3.63) is 0 Å². The van der Waals surface area contributed by atoms with Crippen molar-refractivity contribution in [1.82, 2.24) is 5.32 Å². The van der Waals surface area contributed by atoms with Gasteiger partial charge in [0.2, 0.25) is 0 Å². The fourth-order valence-electron chi connectivity index (χ4n) is 4.86. The first-order valence-electron chi connectivity index (χ1n) is 7.63. The lowest BCUT2D eigenvalue weighted by Gasteiger charge is -2.57. The predicted molar refractivity (Wildman–Crippen MR) is 75.4 cm³/mol. The van der Waals surface area contributed by atoms with E-state index in [1.807, 2.05) is 0 Å². The molecule has 3 nitrogen and oxygen atoms in total. The summed E-state index contributed by atoms with van der Waals surface area (Å²) in [5, 5.41) is 3.61. The monoisotopic (exact) mass is 249 g/mol. The fourth-order valence-corrected chi connectivity index (χ4v) is 4.86. The van der Waals surface area contributed by atoms with Gasteiger partial charge in [-0.2, -0.15) is 0 Å². The van der Waals surface area contributed by atoms with Crippen molar-refractivity contribution in [3.8, 4) is 0 Å². The number of hydrogen-bond donors (Lipinski definition) is 2. The number of hydrogen-bond acceptors (Lipinski definition) is 1. The molecule has 0 atom stereocenters. The van der Waals surface area contributed by atoms with Crippen molar-refractivity contribution in [2.75, 3.05) is 6.54 Å². The zero-order chi connectivity index (χ0) is 12.8. The Bertz CT molecular complexity index is 310. The first-order valence-corrected chi connectivity index (χ1v) is 7.63. The van der Waals surface area contributed by atoms with Crippen LogP contribution in [0, 0.1) is 23.7 Å². The van der Waals surface area contributed by atoms with Gasteiger partial charge in [0.15, 0.2) is 5.96 Å². The Kier molecular flexibility index (Phi) is 3.03. The van der Waals surface area contributed by atoms with Crippen LogP contribution in [0.25, 0.3) is 0 Å². The van der Waals surface area contributed by atoms with Crippen molar-refractivity contribution in [3.63, 3.8) is 0 Å². The minimum Gasteiger partial charge on any atom is -0.370 e. The second-order valence-electron chi connectivity index (χ2n) is 7.44. The third kappa shape index (κ3) is 2.36. The zero-order valence-corrected chi connectivity index (χ0v) is 11.8. The van der Waals surface area contributed by atoms with Crippen LogP contribution in [-0.4, -0.2) is 18.0 Å². The molecule has 0 saturated heterocycles. The Morgan fingerprint density at radius 1 is 1.17 bits per heavy atom. The molecular weight excluding hydrogens is 222 g/mol. The van der Waals surface area contributed by atoms with Crippen molar-refractivity contribution >= 4 is 5.96 Å². The largest absolute Gasteiger partial charge is 0.370 e. The van der Waals surface area contributed by atoms with E-state index in [4.69, 9.17) is 5.73 Å². The molecule has 3 N–H and O–H groups in total. The molecule has 0 aromatic rings. The van der Waals surface area contributed by atoms with Crippen molar-refractivity contribution in [2.45, 2.75) is 57.9 Å². The molecule has 18 heavy (non-hydrogen) atoms. The smallest absolute Gasteiger partial charge is 0.189 e. The lowest BCUT2D eigenvalue weighted by molar-refractivity contribution is -0.0102. The van der Waals surface area contributed by atoms with Crippen LogP contribution in [0.2, 0.25) is 0 Å². The van der Waals surface area contributed by atoms with Gasteiger partial charge in [-0.05, 0) is 62.2 Å². The standard InChI is InChI=1S/C15H27N3/c1-10(2)9-17-14(16)18-15-6-11-3-12(7-15)5-13(4-11)8-15/h10-13H,3-9H2,1-2H3,(H3,16,17,18). The highest BCUT2D eigenvalue weighted by molar-refractivity contribution is 5.78. The first kappa shape index (κ1) is 12.3. The highest BCUT2D eigenvalue weighted by Gasteiger charge is 2.51. The van der Waals surface area contributed by atoms with E-state index in [0.717, 1.165) is 24.3 Å². The second kappa shape index (κ2) is 4.43. The number of nitrogens with zero attached hydrogens (tertiary/aromatic N) is 1. The molecule has 4 aliphatic rings. The third-order valence-electron chi connectivity index (χ3n) is 5.06. The maximum Gasteiger partial charge on any atom is 0.189 e. The molecule has 0 unspecified atom stereocenters. The first-order chi connectivity index (χ1) is 8.55. The molecule has 102 valence electrons. The van der Waals surface area contributed by atoms with Crippen molar-refractivity contribution in [2.24, 2.45) is 34.4 Å². The van der Waals surface area contributed by atoms with E-state index in [1.165, 1.54) is 38.5 Å². The Morgan fingerprint density at radius 2 is 1.67 bits per heavy atom. The quantitative estimate of drug-likeness (QED) is 0.596. The van der Waals surface area contributed by atoms with Gasteiger partial charge in [-0.1, -0.05) is 13.8 Å². The van der Waals surface area contributed by atoms with E-state index in [1.54, 1.807) is 0 Å². The molecule has 0 aromatic heterocycles. The molecule has 0 aromatic carbocycles. The van der Waals surface area contributed by atoms with Gasteiger partial charge in [0.05, 0.1) is 0 Å². The molecule has 0 amide bonds. The molecule has 3 heteroatoms. The predicted octanol–water partition coefficient (Wildman–Crippen LogP) is 2.52. The van der Waals surface area contributed by atoms with Crippen molar-refractivity contribution < 1.29 is 0 Å². The minimum absolute atomic E-state index is 0.305. The van der Waals surface area contributed by atoms with Crippen LogP contribution in [-0.2, 0) is 0 Å². The fraction of sp³-hybridized carbons (Fsp3) is 0.933. The van der Waals surface area contributed by atoms with Crippen molar-refractivity contribution in [1.29, 1.82) is 0 Å². The van der Waals surface area contributed by atoms with Crippen LogP contribution in [0.4, 0.5) is 0 Å². The lowest BCUT2D eigenvalue weighted by Crippen LogP contribution is -2.61. The van der Waals surface area contributed by atoms with Gasteiger partial charge in [-0.3, -0.25) is 4.99 Å². The van der Waals surface area contributed by atoms with Crippen LogP contribution in [0.15, 0.2) is 4.99 Å². The molecule has 4 aliphatic carbocycles. The van der Waals surface area contributed by atoms with Gasteiger partial charge in [-0.25, -0.2) is 0 Å². The van der Waals surface area contributed by atoms with Gasteiger partial charge in [0.1, 0.15) is 0 Å². The summed E-state index contributed by atoms with van der Waals surface area (Å²) in [7, 11) is 0. The van der Waals surface area contributed by atoms with E-state index < -0.39 is 0 Å². The number of nitrogens with one attached hydrogen (secondary N) is 1. The Labute approximate surface area is 111 Å². The van der Waals surface area contributed by atoms with Crippen LogP contribution in [0.5, 0.6) is 0 Å². The molecule has 0 heterocycles. The highest BCUT2D eigenvalue weighted by atomic mass is 15.1. The molecule has 4 bridgehead atoms. The maximum atomic E-state index is 6.08. The lowest BCUT2D eigenvalue weighted by atomic mass is 9.53. The molecule has 4 rings (SSSR count). The molecule has 4 fully saturated rings. The Balaban J connectivity index is 1.67. The molecule has 0 radical (unpaired) electrons. The SMILES string of the molecule is CC(C)CN=C(N)NC12CC3CC(CC(C3)C1)C2. The van der Waals surface area contributed by atoms with Gasteiger partial charge in [-0.15, -0.1) is 0 Å². The number of aliphatic imine (C=N–C) groups is 1. The van der Waals surface area contributed by atoms with E-state index in [0.29, 0.717) is 17.4 Å². The number of nitrogens with two attached hydrogens (primary N) is 1. The van der Waals surface area contributed by atoms with Gasteiger partial charge >= 0.3 is 0 Å². The average molecular weight is 249 g/mol. The highest BCUT2D eigenvalue weighted by Crippen LogP contribution is 2.55. The van der Waals surface area contributed by atoms with E-state index in [2.05, 4.69) is 24.2 Å². The van der Waals surface area contributed by atoms with Gasteiger partial charge < -0.3 is 11.1 Å². The zero-order valence-electron chi connectivity index (χ0n) is 11.8. The normalized spacial score (nSPS) is 42.6. The Morgan fingerprint density at radius 3 is 2.11 bits per heavy atom. The second-order valence-corrected chi connectivity index (χ2v) is 7.44. The molecule has 4 saturated carbocycles. The summed E-state index contributed by atoms with van der Waals surface area (Å²) in [6.45, 7) is 5.20. The summed E-state index contributed by atoms with van der Waals surface area (Å²) < 4.78 is 0. The average Bonchev–Trinajstić information content (AvgIpc) is 2.23. The van der Waals surface area contributed by atoms with E-state index in [9.17, 15) is 0 Å². The summed E-state index contributed by atoms with van der Waals surface area (Å²) in [6, 6.07) is 0. The third-order valence-corrected chi connectivity index (χ3v) is 5.06. The van der Waals surface area contributed by atoms with E-state index >= 15 is 0 Å². The van der Waals surface area contributed by atoms with Gasteiger partial charge in [0.25, 0.3) is 0 Å². The van der Waals surface area contributed by atoms with Crippen LogP contribution >= 0.6 is 0 Å². The molecule has 0 spiro atoms. The maximum absolute atomic E-state index is 6.08.